The fourth-order valence-electron chi connectivity index (χ4n) is 1.89. The van der Waals surface area contributed by atoms with Crippen LogP contribution in [0.25, 0.3) is 10.9 Å². The van der Waals surface area contributed by atoms with E-state index >= 15 is 0 Å². The molecule has 0 aliphatic carbocycles. The van der Waals surface area contributed by atoms with Crippen LogP contribution in [-0.4, -0.2) is 9.97 Å². The first-order valence-electron chi connectivity index (χ1n) is 6.11. The number of nitrogen functional groups attached to an aromatic ring is 1. The van der Waals surface area contributed by atoms with Gasteiger partial charge in [-0.2, -0.15) is 0 Å². The molecule has 0 atom stereocenters. The van der Waals surface area contributed by atoms with Crippen molar-refractivity contribution < 1.29 is 4.74 Å². The molecule has 2 aromatic heterocycles. The van der Waals surface area contributed by atoms with Crippen LogP contribution in [0.1, 0.15) is 5.69 Å². The number of pyridine rings is 2. The largest absolute Gasteiger partial charge is 0.487 e. The van der Waals surface area contributed by atoms with Gasteiger partial charge in [-0.25, -0.2) is 4.98 Å². The molecule has 3 rings (SSSR count). The zero-order chi connectivity index (χ0) is 13.9. The fraction of sp³-hybridized carbons (Fsp3) is 0.0667. The quantitative estimate of drug-likeness (QED) is 0.801. The number of hydrogen-bond donors (Lipinski definition) is 1. The van der Waals surface area contributed by atoms with Crippen molar-refractivity contribution in [1.29, 1.82) is 0 Å². The van der Waals surface area contributed by atoms with Crippen LogP contribution in [0.3, 0.4) is 0 Å². The Balaban J connectivity index is 1.81. The molecule has 3 aromatic rings. The molecule has 2 heterocycles. The second-order valence-corrected chi connectivity index (χ2v) is 4.72. The lowest BCUT2D eigenvalue weighted by atomic mass is 10.2. The number of rotatable bonds is 3. The molecular weight excluding hydrogens is 274 g/mol. The molecule has 0 saturated carbocycles. The first-order valence-corrected chi connectivity index (χ1v) is 6.49. The molecule has 100 valence electrons. The van der Waals surface area contributed by atoms with Crippen LogP contribution in [0, 0.1) is 0 Å². The van der Waals surface area contributed by atoms with E-state index in [1.807, 2.05) is 30.3 Å². The average molecular weight is 286 g/mol. The first kappa shape index (κ1) is 12.7. The van der Waals surface area contributed by atoms with Crippen LogP contribution in [-0.2, 0) is 6.61 Å². The Bertz CT molecular complexity index is 761. The summed E-state index contributed by atoms with van der Waals surface area (Å²) in [6, 6.07) is 13.0. The lowest BCUT2D eigenvalue weighted by Gasteiger charge is -2.08. The number of fused-ring (bicyclic) bond motifs is 1. The van der Waals surface area contributed by atoms with Crippen molar-refractivity contribution in [2.75, 3.05) is 5.73 Å². The summed E-state index contributed by atoms with van der Waals surface area (Å²) in [5.41, 5.74) is 7.14. The van der Waals surface area contributed by atoms with Crippen molar-refractivity contribution in [2.24, 2.45) is 0 Å². The van der Waals surface area contributed by atoms with Gasteiger partial charge in [0, 0.05) is 17.6 Å². The molecule has 4 nitrogen and oxygen atoms in total. The number of nitrogens with zero attached hydrogens (tertiary/aromatic N) is 2. The molecule has 0 amide bonds. The minimum Gasteiger partial charge on any atom is -0.487 e. The smallest absolute Gasteiger partial charge is 0.132 e. The van der Waals surface area contributed by atoms with E-state index in [0.29, 0.717) is 16.5 Å². The van der Waals surface area contributed by atoms with Gasteiger partial charge in [0.2, 0.25) is 0 Å². The van der Waals surface area contributed by atoms with E-state index in [1.165, 1.54) is 0 Å². The monoisotopic (exact) mass is 285 g/mol. The van der Waals surface area contributed by atoms with Gasteiger partial charge in [-0.05, 0) is 30.3 Å². The van der Waals surface area contributed by atoms with Crippen LogP contribution >= 0.6 is 11.6 Å². The van der Waals surface area contributed by atoms with Gasteiger partial charge in [0.15, 0.2) is 0 Å². The molecule has 0 aliphatic rings. The third-order valence-corrected chi connectivity index (χ3v) is 3.24. The minimum absolute atomic E-state index is 0.266. The number of ether oxygens (including phenoxy) is 1. The first-order chi connectivity index (χ1) is 9.72. The predicted octanol–water partition coefficient (Wildman–Crippen LogP) is 3.44. The summed E-state index contributed by atoms with van der Waals surface area (Å²) < 4.78 is 5.69. The minimum atomic E-state index is 0.266. The highest BCUT2D eigenvalue weighted by atomic mass is 35.5. The van der Waals surface area contributed by atoms with E-state index in [0.717, 1.165) is 16.7 Å². The Morgan fingerprint density at radius 2 is 2.05 bits per heavy atom. The van der Waals surface area contributed by atoms with Crippen LogP contribution in [0.4, 0.5) is 5.82 Å². The van der Waals surface area contributed by atoms with Crippen LogP contribution < -0.4 is 10.5 Å². The number of benzene rings is 1. The van der Waals surface area contributed by atoms with E-state index in [2.05, 4.69) is 9.97 Å². The molecule has 5 heteroatoms. The molecular formula is C15H12ClN3O. The van der Waals surface area contributed by atoms with E-state index in [-0.39, 0.29) is 6.61 Å². The number of hydrogen-bond acceptors (Lipinski definition) is 4. The Morgan fingerprint density at radius 3 is 2.95 bits per heavy atom. The van der Waals surface area contributed by atoms with Gasteiger partial charge >= 0.3 is 0 Å². The molecule has 2 N–H and O–H groups in total. The lowest BCUT2D eigenvalue weighted by molar-refractivity contribution is 0.302. The van der Waals surface area contributed by atoms with Crippen molar-refractivity contribution >= 4 is 28.3 Å². The number of anilines is 1. The highest BCUT2D eigenvalue weighted by molar-refractivity contribution is 6.31. The fourth-order valence-corrected chi connectivity index (χ4v) is 2.05. The highest BCUT2D eigenvalue weighted by Crippen LogP contribution is 2.21. The summed E-state index contributed by atoms with van der Waals surface area (Å²) in [4.78, 5) is 8.44. The molecule has 0 spiro atoms. The van der Waals surface area contributed by atoms with Gasteiger partial charge in [-0.3, -0.25) is 4.98 Å². The molecule has 0 fully saturated rings. The van der Waals surface area contributed by atoms with Gasteiger partial charge in [0.05, 0.1) is 16.2 Å². The van der Waals surface area contributed by atoms with Crippen molar-refractivity contribution in [2.45, 2.75) is 6.61 Å². The second kappa shape index (κ2) is 5.35. The van der Waals surface area contributed by atoms with Gasteiger partial charge in [0.1, 0.15) is 18.2 Å². The molecule has 0 aliphatic heterocycles. The highest BCUT2D eigenvalue weighted by Gasteiger charge is 2.05. The summed E-state index contributed by atoms with van der Waals surface area (Å²) in [6.45, 7) is 0.266. The van der Waals surface area contributed by atoms with E-state index in [4.69, 9.17) is 22.1 Å². The number of nitrogens with two attached hydrogens (primary N) is 1. The topological polar surface area (TPSA) is 61.0 Å². The maximum absolute atomic E-state index is 6.05. The SMILES string of the molecule is Nc1ccc(Cl)c(COc2ccc3cccnc3c2)n1. The molecule has 20 heavy (non-hydrogen) atoms. The molecule has 0 unspecified atom stereocenters. The van der Waals surface area contributed by atoms with Crippen LogP contribution in [0.2, 0.25) is 5.02 Å². The standard InChI is InChI=1S/C15H12ClN3O/c16-12-5-6-15(17)19-14(12)9-20-11-4-3-10-2-1-7-18-13(10)8-11/h1-8H,9H2,(H2,17,19). The van der Waals surface area contributed by atoms with E-state index in [9.17, 15) is 0 Å². The van der Waals surface area contributed by atoms with Gasteiger partial charge < -0.3 is 10.5 Å². The molecule has 0 bridgehead atoms. The average Bonchev–Trinajstić information content (AvgIpc) is 2.48. The zero-order valence-electron chi connectivity index (χ0n) is 10.6. The number of aromatic nitrogens is 2. The molecule has 0 radical (unpaired) electrons. The summed E-state index contributed by atoms with van der Waals surface area (Å²) in [5, 5.41) is 1.61. The Labute approximate surface area is 121 Å². The Hall–Kier alpha value is -2.33. The third-order valence-electron chi connectivity index (χ3n) is 2.89. The maximum atomic E-state index is 6.05. The Kier molecular flexibility index (Phi) is 3.39. The number of halogens is 1. The normalized spacial score (nSPS) is 10.7. The molecule has 0 saturated heterocycles. The summed E-state index contributed by atoms with van der Waals surface area (Å²) in [6.07, 6.45) is 1.75. The maximum Gasteiger partial charge on any atom is 0.132 e. The second-order valence-electron chi connectivity index (χ2n) is 4.31. The summed E-state index contributed by atoms with van der Waals surface area (Å²) in [7, 11) is 0. The van der Waals surface area contributed by atoms with E-state index in [1.54, 1.807) is 18.3 Å². The van der Waals surface area contributed by atoms with E-state index < -0.39 is 0 Å². The van der Waals surface area contributed by atoms with Gasteiger partial charge in [-0.15, -0.1) is 0 Å². The lowest BCUT2D eigenvalue weighted by Crippen LogP contribution is -2.01. The van der Waals surface area contributed by atoms with Crippen LogP contribution in [0.15, 0.2) is 48.7 Å². The van der Waals surface area contributed by atoms with Gasteiger partial charge in [-0.1, -0.05) is 17.7 Å². The third kappa shape index (κ3) is 2.65. The van der Waals surface area contributed by atoms with Crippen molar-refractivity contribution in [3.05, 3.63) is 59.4 Å². The van der Waals surface area contributed by atoms with Crippen LogP contribution in [0.5, 0.6) is 5.75 Å². The zero-order valence-corrected chi connectivity index (χ0v) is 11.3. The van der Waals surface area contributed by atoms with Crippen molar-refractivity contribution in [3.63, 3.8) is 0 Å². The summed E-state index contributed by atoms with van der Waals surface area (Å²) >= 11 is 6.05. The van der Waals surface area contributed by atoms with Gasteiger partial charge in [0.25, 0.3) is 0 Å². The Morgan fingerprint density at radius 1 is 1.15 bits per heavy atom. The van der Waals surface area contributed by atoms with Crippen molar-refractivity contribution in [3.8, 4) is 5.75 Å². The molecule has 1 aromatic carbocycles. The predicted molar refractivity (Wildman–Crippen MR) is 79.7 cm³/mol. The summed E-state index contributed by atoms with van der Waals surface area (Å²) in [5.74, 6) is 1.14. The van der Waals surface area contributed by atoms with Crippen molar-refractivity contribution in [1.82, 2.24) is 9.97 Å².